The van der Waals surface area contributed by atoms with Crippen molar-refractivity contribution in [2.45, 2.75) is 0 Å². The number of benzene rings is 1. The monoisotopic (exact) mass is 240 g/mol. The molecule has 0 aliphatic carbocycles. The van der Waals surface area contributed by atoms with E-state index in [1.807, 2.05) is 0 Å². The van der Waals surface area contributed by atoms with Gasteiger partial charge in [-0.25, -0.2) is 9.59 Å². The molecule has 0 heterocycles. The molecule has 3 N–H and O–H groups in total. The normalized spacial score (nSPS) is 8.64. The first-order valence-electron chi connectivity index (χ1n) is 3.39. The van der Waals surface area contributed by atoms with Gasteiger partial charge in [0.1, 0.15) is 0 Å². The van der Waals surface area contributed by atoms with Crippen molar-refractivity contribution in [3.63, 3.8) is 0 Å². The van der Waals surface area contributed by atoms with Crippen molar-refractivity contribution in [3.05, 3.63) is 35.4 Å². The van der Waals surface area contributed by atoms with Gasteiger partial charge >= 0.3 is 11.9 Å². The zero-order valence-corrected chi connectivity index (χ0v) is 7.93. The number of carboxylic acids is 1. The molecule has 0 fully saturated rings. The van der Waals surface area contributed by atoms with Gasteiger partial charge in [0.2, 0.25) is 0 Å². The summed E-state index contributed by atoms with van der Waals surface area (Å²) < 4.78 is 0. The first-order chi connectivity index (χ1) is 6.15. The molecule has 0 unspecified atom stereocenters. The molecular weight excluding hydrogens is 233 g/mol. The minimum Gasteiger partial charge on any atom is -0.478 e. The maximum atomic E-state index is 10.8. The smallest absolute Gasteiger partial charge is 0.356 e. The van der Waals surface area contributed by atoms with Crippen LogP contribution in [-0.2, 0) is 21.6 Å². The number of carboxylic acid groups (broad SMARTS) is 1. The molecule has 77 valence electrons. The summed E-state index contributed by atoms with van der Waals surface area (Å²) in [7, 11) is 0. The second kappa shape index (κ2) is 5.38. The van der Waals surface area contributed by atoms with Crippen molar-refractivity contribution in [2.75, 3.05) is 0 Å². The van der Waals surface area contributed by atoms with Crippen LogP contribution in [0.25, 0.3) is 0 Å². The number of aromatic carboxylic acids is 1. The number of carbonyl (C=O) groups excluding carboxylic acids is 1. The summed E-state index contributed by atoms with van der Waals surface area (Å²) in [6, 6.07) is 5.26. The van der Waals surface area contributed by atoms with Gasteiger partial charge in [0.25, 0.3) is 0 Å². The van der Waals surface area contributed by atoms with Gasteiger partial charge in [0.05, 0.1) is 11.1 Å². The summed E-state index contributed by atoms with van der Waals surface area (Å²) in [5.41, 5.74) is 0.320. The van der Waals surface area contributed by atoms with Gasteiger partial charge < -0.3 is 9.94 Å². The number of rotatable bonds is 2. The second-order valence-electron chi connectivity index (χ2n) is 2.29. The summed E-state index contributed by atoms with van der Waals surface area (Å²) in [5.74, 6) is 2.89. The van der Waals surface area contributed by atoms with E-state index < -0.39 is 11.9 Å². The van der Waals surface area contributed by atoms with Crippen LogP contribution in [0.5, 0.6) is 0 Å². The fourth-order valence-corrected chi connectivity index (χ4v) is 0.817. The average molecular weight is 240 g/mol. The Morgan fingerprint density at radius 1 is 1.14 bits per heavy atom. The zero-order chi connectivity index (χ0) is 9.84. The minimum absolute atomic E-state index is 0. The first kappa shape index (κ1) is 12.6. The van der Waals surface area contributed by atoms with Crippen LogP contribution in [0.15, 0.2) is 24.3 Å². The summed E-state index contributed by atoms with van der Waals surface area (Å²) >= 11 is 0. The molecule has 0 aromatic heterocycles. The maximum absolute atomic E-state index is 10.8. The fourth-order valence-electron chi connectivity index (χ4n) is 0.817. The van der Waals surface area contributed by atoms with Crippen molar-refractivity contribution in [1.82, 2.24) is 0 Å². The van der Waals surface area contributed by atoms with E-state index in [2.05, 4.69) is 10.7 Å². The molecule has 1 aromatic carbocycles. The molecule has 0 saturated heterocycles. The molecule has 14 heavy (non-hydrogen) atoms. The van der Waals surface area contributed by atoms with E-state index in [1.54, 1.807) is 0 Å². The molecule has 0 aliphatic rings. The van der Waals surface area contributed by atoms with Gasteiger partial charge in [-0.15, -0.1) is 0 Å². The summed E-state index contributed by atoms with van der Waals surface area (Å²) in [6.45, 7) is 0. The largest absolute Gasteiger partial charge is 0.478 e. The molecule has 0 aliphatic heterocycles. The topological polar surface area (TPSA) is 89.6 Å². The van der Waals surface area contributed by atoms with Gasteiger partial charge in [0, 0.05) is 16.8 Å². The molecule has 0 atom stereocenters. The van der Waals surface area contributed by atoms with Crippen LogP contribution in [0, 0.1) is 0 Å². The molecule has 1 radical (unpaired) electrons. The predicted octanol–water partition coefficient (Wildman–Crippen LogP) is 0.413. The van der Waals surface area contributed by atoms with Crippen LogP contribution in [-0.4, -0.2) is 17.0 Å². The third-order valence-corrected chi connectivity index (χ3v) is 1.47. The Balaban J connectivity index is 0.00000169. The Morgan fingerprint density at radius 2 is 1.57 bits per heavy atom. The van der Waals surface area contributed by atoms with Crippen LogP contribution >= 0.6 is 0 Å². The fraction of sp³-hybridized carbons (Fsp3) is 0. The quantitative estimate of drug-likeness (QED) is 0.731. The van der Waals surface area contributed by atoms with Gasteiger partial charge in [0.15, 0.2) is 0 Å². The predicted molar refractivity (Wildman–Crippen MR) is 43.0 cm³/mol. The molecule has 0 saturated carbocycles. The molecule has 0 spiro atoms. The second-order valence-corrected chi connectivity index (χ2v) is 2.29. The van der Waals surface area contributed by atoms with Gasteiger partial charge in [-0.1, -0.05) is 0 Å². The number of hydrogen-bond acceptors (Lipinski definition) is 4. The van der Waals surface area contributed by atoms with Gasteiger partial charge in [-0.2, -0.15) is 5.90 Å². The molecule has 1 aromatic rings. The molecular formula is C8H7CoNO4. The van der Waals surface area contributed by atoms with Gasteiger partial charge in [-0.05, 0) is 24.3 Å². The SMILES string of the molecule is NOC(=O)c1ccc(C(=O)O)cc1.[Co]. The van der Waals surface area contributed by atoms with E-state index in [0.29, 0.717) is 0 Å². The van der Waals surface area contributed by atoms with Crippen molar-refractivity contribution < 1.29 is 36.3 Å². The van der Waals surface area contributed by atoms with Crippen molar-refractivity contribution in [1.29, 1.82) is 0 Å². The molecule has 0 amide bonds. The standard InChI is InChI=1S/C8H7NO4.Co/c9-13-8(12)6-3-1-5(2-4-6)7(10)11;/h1-4H,9H2,(H,10,11);. The minimum atomic E-state index is -1.05. The first-order valence-corrected chi connectivity index (χ1v) is 3.39. The Morgan fingerprint density at radius 3 is 1.93 bits per heavy atom. The van der Waals surface area contributed by atoms with E-state index in [9.17, 15) is 9.59 Å². The Kier molecular flexibility index (Phi) is 4.85. The number of nitrogens with two attached hydrogens (primary N) is 1. The number of carbonyl (C=O) groups is 2. The molecule has 5 nitrogen and oxygen atoms in total. The molecule has 0 bridgehead atoms. The van der Waals surface area contributed by atoms with E-state index in [4.69, 9.17) is 5.11 Å². The Hall–Kier alpha value is -1.37. The van der Waals surface area contributed by atoms with Crippen molar-refractivity contribution in [2.24, 2.45) is 5.90 Å². The average Bonchev–Trinajstić information content (AvgIpc) is 2.17. The summed E-state index contributed by atoms with van der Waals surface area (Å²) in [5, 5.41) is 8.53. The third kappa shape index (κ3) is 2.84. The summed E-state index contributed by atoms with van der Waals surface area (Å²) in [4.78, 5) is 25.2. The van der Waals surface area contributed by atoms with Crippen LogP contribution in [0.1, 0.15) is 20.7 Å². The third-order valence-electron chi connectivity index (χ3n) is 1.47. The summed E-state index contributed by atoms with van der Waals surface area (Å²) in [6.07, 6.45) is 0. The van der Waals surface area contributed by atoms with E-state index in [-0.39, 0.29) is 27.9 Å². The van der Waals surface area contributed by atoms with Crippen LogP contribution in [0.2, 0.25) is 0 Å². The van der Waals surface area contributed by atoms with E-state index in [0.717, 1.165) is 0 Å². The van der Waals surface area contributed by atoms with E-state index in [1.165, 1.54) is 24.3 Å². The van der Waals surface area contributed by atoms with Crippen molar-refractivity contribution >= 4 is 11.9 Å². The zero-order valence-electron chi connectivity index (χ0n) is 6.89. The molecule has 1 rings (SSSR count). The Labute approximate surface area is 90.0 Å². The van der Waals surface area contributed by atoms with Gasteiger partial charge in [-0.3, -0.25) is 0 Å². The van der Waals surface area contributed by atoms with E-state index >= 15 is 0 Å². The molecule has 6 heteroatoms. The Bertz CT molecular complexity index is 336. The van der Waals surface area contributed by atoms with Crippen LogP contribution in [0.3, 0.4) is 0 Å². The van der Waals surface area contributed by atoms with Crippen LogP contribution in [0.4, 0.5) is 0 Å². The van der Waals surface area contributed by atoms with Crippen molar-refractivity contribution in [3.8, 4) is 0 Å². The maximum Gasteiger partial charge on any atom is 0.356 e. The number of hydrogen-bond donors (Lipinski definition) is 2. The van der Waals surface area contributed by atoms with Crippen LogP contribution < -0.4 is 5.90 Å².